The van der Waals surface area contributed by atoms with Gasteiger partial charge in [-0.05, 0) is 30.3 Å². The summed E-state index contributed by atoms with van der Waals surface area (Å²) in [6, 6.07) is 13.4. The number of fused-ring (bicyclic) bond motifs is 1. The van der Waals surface area contributed by atoms with Crippen LogP contribution in [0.1, 0.15) is 6.42 Å². The van der Waals surface area contributed by atoms with Crippen LogP contribution in [0.5, 0.6) is 0 Å². The minimum atomic E-state index is -0.403. The van der Waals surface area contributed by atoms with Crippen molar-refractivity contribution >= 4 is 35.0 Å². The summed E-state index contributed by atoms with van der Waals surface area (Å²) in [5.74, 6) is -0.283. The van der Waals surface area contributed by atoms with Gasteiger partial charge in [0.25, 0.3) is 0 Å². The fourth-order valence-electron chi connectivity index (χ4n) is 2.40. The van der Waals surface area contributed by atoms with Crippen LogP contribution in [0.15, 0.2) is 53.4 Å². The van der Waals surface area contributed by atoms with Crippen molar-refractivity contribution in [3.05, 3.63) is 54.3 Å². The van der Waals surface area contributed by atoms with Gasteiger partial charge >= 0.3 is 0 Å². The maximum Gasteiger partial charge on any atom is 0.237 e. The molecule has 0 atom stereocenters. The molecular formula is C17H15FN2O2S. The van der Waals surface area contributed by atoms with E-state index < -0.39 is 5.82 Å². The number of hydrogen-bond donors (Lipinski definition) is 1. The van der Waals surface area contributed by atoms with E-state index in [1.165, 1.54) is 30.0 Å². The summed E-state index contributed by atoms with van der Waals surface area (Å²) in [6.07, 6.45) is 0.154. The lowest BCUT2D eigenvalue weighted by Crippen LogP contribution is -2.37. The first-order chi connectivity index (χ1) is 11.1. The summed E-state index contributed by atoms with van der Waals surface area (Å²) in [4.78, 5) is 26.8. The van der Waals surface area contributed by atoms with E-state index in [1.54, 1.807) is 11.0 Å². The first-order valence-electron chi connectivity index (χ1n) is 7.21. The van der Waals surface area contributed by atoms with Crippen molar-refractivity contribution in [2.75, 3.05) is 22.5 Å². The SMILES string of the molecule is O=C(CCN1C(=O)CSc2ccccc21)Nc1cccc(F)c1. The van der Waals surface area contributed by atoms with Gasteiger partial charge in [0.05, 0.1) is 11.4 Å². The van der Waals surface area contributed by atoms with E-state index in [9.17, 15) is 14.0 Å². The largest absolute Gasteiger partial charge is 0.326 e. The van der Waals surface area contributed by atoms with Crippen molar-refractivity contribution in [1.29, 1.82) is 0 Å². The van der Waals surface area contributed by atoms with Crippen molar-refractivity contribution in [2.45, 2.75) is 11.3 Å². The molecule has 2 amide bonds. The number of thioether (sulfide) groups is 1. The molecule has 0 saturated heterocycles. The molecule has 2 aromatic carbocycles. The van der Waals surface area contributed by atoms with Crippen LogP contribution in [0.4, 0.5) is 15.8 Å². The molecule has 0 bridgehead atoms. The summed E-state index contributed by atoms with van der Waals surface area (Å²) in [7, 11) is 0. The normalized spacial score (nSPS) is 13.6. The average Bonchev–Trinajstić information content (AvgIpc) is 2.54. The van der Waals surface area contributed by atoms with Gasteiger partial charge < -0.3 is 10.2 Å². The molecular weight excluding hydrogens is 315 g/mol. The molecule has 0 spiro atoms. The Hall–Kier alpha value is -2.34. The van der Waals surface area contributed by atoms with Gasteiger partial charge in [0, 0.05) is 23.5 Å². The first-order valence-corrected chi connectivity index (χ1v) is 8.19. The topological polar surface area (TPSA) is 49.4 Å². The van der Waals surface area contributed by atoms with E-state index in [4.69, 9.17) is 0 Å². The van der Waals surface area contributed by atoms with Gasteiger partial charge in [-0.25, -0.2) is 4.39 Å². The fourth-order valence-corrected chi connectivity index (χ4v) is 3.34. The molecule has 1 N–H and O–H groups in total. The van der Waals surface area contributed by atoms with E-state index in [0.717, 1.165) is 10.6 Å². The molecule has 1 aliphatic heterocycles. The highest BCUT2D eigenvalue weighted by molar-refractivity contribution is 8.00. The Kier molecular flexibility index (Phi) is 4.62. The summed E-state index contributed by atoms with van der Waals surface area (Å²) in [5.41, 5.74) is 1.25. The van der Waals surface area contributed by atoms with Crippen molar-refractivity contribution in [3.63, 3.8) is 0 Å². The quantitative estimate of drug-likeness (QED) is 0.936. The van der Waals surface area contributed by atoms with E-state index in [2.05, 4.69) is 5.32 Å². The predicted molar refractivity (Wildman–Crippen MR) is 89.2 cm³/mol. The third kappa shape index (κ3) is 3.71. The molecule has 0 fully saturated rings. The monoisotopic (exact) mass is 330 g/mol. The summed E-state index contributed by atoms with van der Waals surface area (Å²) >= 11 is 1.51. The predicted octanol–water partition coefficient (Wildman–Crippen LogP) is 3.29. The Labute approximate surface area is 137 Å². The molecule has 0 radical (unpaired) electrons. The number of para-hydroxylation sites is 1. The molecule has 1 heterocycles. The number of halogens is 1. The number of carbonyl (C=O) groups is 2. The number of amides is 2. The van der Waals surface area contributed by atoms with Crippen LogP contribution in [0.2, 0.25) is 0 Å². The lowest BCUT2D eigenvalue weighted by atomic mass is 10.2. The Bertz CT molecular complexity index is 751. The second kappa shape index (κ2) is 6.83. The maximum absolute atomic E-state index is 13.1. The molecule has 0 aliphatic carbocycles. The molecule has 0 unspecified atom stereocenters. The molecule has 2 aromatic rings. The molecule has 3 rings (SSSR count). The second-order valence-electron chi connectivity index (χ2n) is 5.11. The van der Waals surface area contributed by atoms with Crippen molar-refractivity contribution in [3.8, 4) is 0 Å². The van der Waals surface area contributed by atoms with Gasteiger partial charge in [-0.3, -0.25) is 9.59 Å². The zero-order valence-corrected chi connectivity index (χ0v) is 13.1. The van der Waals surface area contributed by atoms with E-state index in [1.807, 2.05) is 24.3 Å². The highest BCUT2D eigenvalue weighted by Gasteiger charge is 2.24. The van der Waals surface area contributed by atoms with Crippen LogP contribution in [0.25, 0.3) is 0 Å². The third-order valence-corrected chi connectivity index (χ3v) is 4.53. The van der Waals surface area contributed by atoms with Gasteiger partial charge in [0.1, 0.15) is 5.82 Å². The number of benzene rings is 2. The van der Waals surface area contributed by atoms with Crippen LogP contribution in [-0.4, -0.2) is 24.1 Å². The molecule has 0 saturated carbocycles. The van der Waals surface area contributed by atoms with Crippen molar-refractivity contribution < 1.29 is 14.0 Å². The summed E-state index contributed by atoms with van der Waals surface area (Å²) in [5, 5.41) is 2.64. The summed E-state index contributed by atoms with van der Waals surface area (Å²) < 4.78 is 13.1. The lowest BCUT2D eigenvalue weighted by molar-refractivity contribution is -0.117. The molecule has 118 valence electrons. The first kappa shape index (κ1) is 15.6. The van der Waals surface area contributed by atoms with Gasteiger partial charge in [-0.1, -0.05) is 18.2 Å². The molecule has 4 nitrogen and oxygen atoms in total. The Morgan fingerprint density at radius 3 is 2.87 bits per heavy atom. The highest BCUT2D eigenvalue weighted by atomic mass is 32.2. The molecule has 0 aromatic heterocycles. The van der Waals surface area contributed by atoms with E-state index >= 15 is 0 Å². The zero-order valence-electron chi connectivity index (χ0n) is 12.3. The number of anilines is 2. The van der Waals surface area contributed by atoms with Gasteiger partial charge in [0.15, 0.2) is 0 Å². The minimum Gasteiger partial charge on any atom is -0.326 e. The smallest absolute Gasteiger partial charge is 0.237 e. The van der Waals surface area contributed by atoms with Crippen LogP contribution < -0.4 is 10.2 Å². The highest BCUT2D eigenvalue weighted by Crippen LogP contribution is 2.34. The Balaban J connectivity index is 1.64. The maximum atomic E-state index is 13.1. The Morgan fingerprint density at radius 1 is 1.22 bits per heavy atom. The number of nitrogens with one attached hydrogen (secondary N) is 1. The minimum absolute atomic E-state index is 0.00717. The third-order valence-electron chi connectivity index (χ3n) is 3.48. The number of rotatable bonds is 4. The molecule has 6 heteroatoms. The average molecular weight is 330 g/mol. The molecule has 1 aliphatic rings. The Morgan fingerprint density at radius 2 is 2.04 bits per heavy atom. The van der Waals surface area contributed by atoms with Crippen molar-refractivity contribution in [2.24, 2.45) is 0 Å². The standard InChI is InChI=1S/C17H15FN2O2S/c18-12-4-3-5-13(10-12)19-16(21)8-9-20-14-6-1-2-7-15(14)23-11-17(20)22/h1-7,10H,8-9,11H2,(H,19,21). The number of nitrogens with zero attached hydrogens (tertiary/aromatic N) is 1. The van der Waals surface area contributed by atoms with E-state index in [0.29, 0.717) is 18.0 Å². The van der Waals surface area contributed by atoms with Crippen LogP contribution in [0.3, 0.4) is 0 Å². The second-order valence-corrected chi connectivity index (χ2v) is 6.13. The van der Waals surface area contributed by atoms with Gasteiger partial charge in [-0.15, -0.1) is 11.8 Å². The number of hydrogen-bond acceptors (Lipinski definition) is 3. The zero-order chi connectivity index (χ0) is 16.2. The van der Waals surface area contributed by atoms with Crippen LogP contribution in [0, 0.1) is 5.82 Å². The fraction of sp³-hybridized carbons (Fsp3) is 0.176. The van der Waals surface area contributed by atoms with Crippen LogP contribution in [-0.2, 0) is 9.59 Å². The van der Waals surface area contributed by atoms with Gasteiger partial charge in [0.2, 0.25) is 11.8 Å². The number of carbonyl (C=O) groups excluding carboxylic acids is 2. The van der Waals surface area contributed by atoms with Gasteiger partial charge in [-0.2, -0.15) is 0 Å². The van der Waals surface area contributed by atoms with Crippen LogP contribution >= 0.6 is 11.8 Å². The lowest BCUT2D eigenvalue weighted by Gasteiger charge is -2.28. The molecule has 23 heavy (non-hydrogen) atoms. The van der Waals surface area contributed by atoms with E-state index in [-0.39, 0.29) is 18.2 Å². The summed E-state index contributed by atoms with van der Waals surface area (Å²) in [6.45, 7) is 0.303. The van der Waals surface area contributed by atoms with Crippen molar-refractivity contribution in [1.82, 2.24) is 0 Å².